The molecule has 102 valence electrons. The summed E-state index contributed by atoms with van der Waals surface area (Å²) in [6, 6.07) is 11.3. The maximum Gasteiger partial charge on any atom is 0.0534 e. The van der Waals surface area contributed by atoms with E-state index in [1.54, 1.807) is 0 Å². The third kappa shape index (κ3) is 3.93. The van der Waals surface area contributed by atoms with Crippen LogP contribution in [0.1, 0.15) is 50.4 Å². The predicted octanol–water partition coefficient (Wildman–Crippen LogP) is 3.85. The molecule has 19 heavy (non-hydrogen) atoms. The van der Waals surface area contributed by atoms with Gasteiger partial charge in [0.1, 0.15) is 0 Å². The molecular weight excluding hydrogens is 234 g/mol. The van der Waals surface area contributed by atoms with Gasteiger partial charge in [-0.25, -0.2) is 0 Å². The number of aromatic nitrogens is 2. The van der Waals surface area contributed by atoms with Crippen LogP contribution in [0.15, 0.2) is 42.7 Å². The maximum absolute atomic E-state index is 4.02. The summed E-state index contributed by atoms with van der Waals surface area (Å²) < 4.78 is 0. The molecule has 0 saturated heterocycles. The van der Waals surface area contributed by atoms with Crippen LogP contribution in [0, 0.1) is 5.92 Å². The molecule has 1 aromatic carbocycles. The Balaban J connectivity index is 2.10. The fraction of sp³-hybridized carbons (Fsp3) is 0.438. The highest BCUT2D eigenvalue weighted by Crippen LogP contribution is 2.24. The Bertz CT molecular complexity index is 462. The lowest BCUT2D eigenvalue weighted by molar-refractivity contribution is 0.394. The van der Waals surface area contributed by atoms with E-state index in [-0.39, 0.29) is 0 Å². The van der Waals surface area contributed by atoms with Gasteiger partial charge in [-0.2, -0.15) is 5.10 Å². The number of benzene rings is 1. The molecule has 0 aliphatic heterocycles. The van der Waals surface area contributed by atoms with Gasteiger partial charge in [-0.15, -0.1) is 0 Å². The topological polar surface area (TPSA) is 40.7 Å². The molecule has 0 spiro atoms. The zero-order valence-electron chi connectivity index (χ0n) is 11.9. The van der Waals surface area contributed by atoms with Crippen molar-refractivity contribution in [2.45, 2.75) is 39.3 Å². The zero-order valence-corrected chi connectivity index (χ0v) is 11.9. The smallest absolute Gasteiger partial charge is 0.0534 e. The Morgan fingerprint density at radius 1 is 1.11 bits per heavy atom. The second-order valence-corrected chi connectivity index (χ2v) is 5.51. The molecule has 3 heteroatoms. The monoisotopic (exact) mass is 257 g/mol. The molecule has 2 aromatic rings. The van der Waals surface area contributed by atoms with E-state index in [1.807, 2.05) is 12.4 Å². The predicted molar refractivity (Wildman–Crippen MR) is 78.8 cm³/mol. The Morgan fingerprint density at radius 2 is 1.84 bits per heavy atom. The first kappa shape index (κ1) is 13.8. The summed E-state index contributed by atoms with van der Waals surface area (Å²) in [6.07, 6.45) is 4.97. The van der Waals surface area contributed by atoms with Crippen molar-refractivity contribution in [3.8, 4) is 0 Å². The molecule has 0 fully saturated rings. The quantitative estimate of drug-likeness (QED) is 0.825. The Labute approximate surface area is 115 Å². The molecular formula is C16H23N3. The number of hydrogen-bond donors (Lipinski definition) is 2. The molecule has 0 amide bonds. The minimum atomic E-state index is 0.294. The summed E-state index contributed by atoms with van der Waals surface area (Å²) in [4.78, 5) is 0. The Hall–Kier alpha value is -1.61. The maximum atomic E-state index is 4.02. The van der Waals surface area contributed by atoms with Crippen molar-refractivity contribution in [2.75, 3.05) is 0 Å². The Kier molecular flexibility index (Phi) is 4.74. The van der Waals surface area contributed by atoms with E-state index in [0.29, 0.717) is 18.0 Å². The largest absolute Gasteiger partial charge is 0.303 e. The van der Waals surface area contributed by atoms with E-state index >= 15 is 0 Å². The number of nitrogens with one attached hydrogen (secondary N) is 2. The second kappa shape index (κ2) is 6.53. The molecule has 2 atom stereocenters. The van der Waals surface area contributed by atoms with Gasteiger partial charge in [0.2, 0.25) is 0 Å². The second-order valence-electron chi connectivity index (χ2n) is 5.51. The number of nitrogens with zero attached hydrogens (tertiary/aromatic N) is 1. The van der Waals surface area contributed by atoms with Gasteiger partial charge < -0.3 is 5.32 Å². The normalized spacial score (nSPS) is 14.5. The average Bonchev–Trinajstić information content (AvgIpc) is 2.92. The van der Waals surface area contributed by atoms with Gasteiger partial charge in [0.25, 0.3) is 0 Å². The van der Waals surface area contributed by atoms with Gasteiger partial charge >= 0.3 is 0 Å². The molecule has 1 aromatic heterocycles. The fourth-order valence-corrected chi connectivity index (χ4v) is 2.35. The number of aromatic amines is 1. The molecule has 0 saturated carbocycles. The van der Waals surface area contributed by atoms with Gasteiger partial charge in [-0.1, -0.05) is 44.2 Å². The molecule has 2 unspecified atom stereocenters. The number of rotatable bonds is 6. The van der Waals surface area contributed by atoms with Gasteiger partial charge in [0, 0.05) is 23.8 Å². The highest BCUT2D eigenvalue weighted by molar-refractivity contribution is 5.20. The van der Waals surface area contributed by atoms with Crippen LogP contribution in [0.3, 0.4) is 0 Å². The summed E-state index contributed by atoms with van der Waals surface area (Å²) in [6.45, 7) is 6.71. The molecule has 0 bridgehead atoms. The lowest BCUT2D eigenvalue weighted by atomic mass is 9.96. The van der Waals surface area contributed by atoms with Crippen molar-refractivity contribution in [1.29, 1.82) is 0 Å². The molecule has 0 radical (unpaired) electrons. The van der Waals surface area contributed by atoms with E-state index in [4.69, 9.17) is 0 Å². The molecule has 2 rings (SSSR count). The van der Waals surface area contributed by atoms with Crippen LogP contribution in [0.5, 0.6) is 0 Å². The van der Waals surface area contributed by atoms with E-state index in [1.165, 1.54) is 11.1 Å². The third-order valence-corrected chi connectivity index (χ3v) is 3.38. The van der Waals surface area contributed by atoms with Crippen LogP contribution in [-0.4, -0.2) is 10.2 Å². The van der Waals surface area contributed by atoms with Gasteiger partial charge in [0.05, 0.1) is 6.20 Å². The van der Waals surface area contributed by atoms with Crippen LogP contribution < -0.4 is 5.32 Å². The fourth-order valence-electron chi connectivity index (χ4n) is 2.35. The van der Waals surface area contributed by atoms with Crippen molar-refractivity contribution >= 4 is 0 Å². The van der Waals surface area contributed by atoms with E-state index < -0.39 is 0 Å². The molecule has 3 nitrogen and oxygen atoms in total. The van der Waals surface area contributed by atoms with E-state index in [0.717, 1.165) is 6.42 Å². The highest BCUT2D eigenvalue weighted by Gasteiger charge is 2.16. The molecule has 0 aliphatic carbocycles. The lowest BCUT2D eigenvalue weighted by Gasteiger charge is -2.25. The number of H-pyrrole nitrogens is 1. The lowest BCUT2D eigenvalue weighted by Crippen LogP contribution is -2.25. The first-order chi connectivity index (χ1) is 9.16. The minimum Gasteiger partial charge on any atom is -0.303 e. The SMILES string of the molecule is CC(C)CC(NC(C)c1cn[nH]c1)c1ccccc1. The van der Waals surface area contributed by atoms with Crippen LogP contribution in [0.25, 0.3) is 0 Å². The average molecular weight is 257 g/mol. The van der Waals surface area contributed by atoms with Crippen LogP contribution >= 0.6 is 0 Å². The first-order valence-corrected chi connectivity index (χ1v) is 6.96. The minimum absolute atomic E-state index is 0.294. The van der Waals surface area contributed by atoms with Gasteiger partial charge in [0.15, 0.2) is 0 Å². The summed E-state index contributed by atoms with van der Waals surface area (Å²) in [5, 5.41) is 10.6. The molecule has 2 N–H and O–H groups in total. The van der Waals surface area contributed by atoms with Crippen molar-refractivity contribution in [1.82, 2.24) is 15.5 Å². The van der Waals surface area contributed by atoms with Crippen molar-refractivity contribution < 1.29 is 0 Å². The van der Waals surface area contributed by atoms with Gasteiger partial charge in [-0.3, -0.25) is 5.10 Å². The van der Waals surface area contributed by atoms with Crippen molar-refractivity contribution in [3.63, 3.8) is 0 Å². The van der Waals surface area contributed by atoms with E-state index in [9.17, 15) is 0 Å². The Morgan fingerprint density at radius 3 is 2.42 bits per heavy atom. The van der Waals surface area contributed by atoms with Gasteiger partial charge in [-0.05, 0) is 24.8 Å². The number of hydrogen-bond acceptors (Lipinski definition) is 2. The summed E-state index contributed by atoms with van der Waals surface area (Å²) in [7, 11) is 0. The summed E-state index contributed by atoms with van der Waals surface area (Å²) >= 11 is 0. The van der Waals surface area contributed by atoms with Crippen LogP contribution in [-0.2, 0) is 0 Å². The van der Waals surface area contributed by atoms with Crippen molar-refractivity contribution in [2.24, 2.45) is 5.92 Å². The van der Waals surface area contributed by atoms with Crippen LogP contribution in [0.2, 0.25) is 0 Å². The first-order valence-electron chi connectivity index (χ1n) is 6.96. The summed E-state index contributed by atoms with van der Waals surface area (Å²) in [5.41, 5.74) is 2.55. The molecule has 1 heterocycles. The zero-order chi connectivity index (χ0) is 13.7. The highest BCUT2D eigenvalue weighted by atomic mass is 15.1. The standard InChI is InChI=1S/C16H23N3/c1-12(2)9-16(14-7-5-4-6-8-14)19-13(3)15-10-17-18-11-15/h4-8,10-13,16,19H,9H2,1-3H3,(H,17,18). The van der Waals surface area contributed by atoms with Crippen LogP contribution in [0.4, 0.5) is 0 Å². The molecule has 0 aliphatic rings. The third-order valence-electron chi connectivity index (χ3n) is 3.38. The van der Waals surface area contributed by atoms with Crippen molar-refractivity contribution in [3.05, 3.63) is 53.9 Å². The van der Waals surface area contributed by atoms with E-state index in [2.05, 4.69) is 66.6 Å². The summed E-state index contributed by atoms with van der Waals surface area (Å²) in [5.74, 6) is 0.661.